The first-order chi connectivity index (χ1) is 12.3. The van der Waals surface area contributed by atoms with E-state index in [0.29, 0.717) is 17.0 Å². The highest BCUT2D eigenvalue weighted by atomic mass is 32.2. The molecule has 2 aromatic rings. The first kappa shape index (κ1) is 18.4. The zero-order chi connectivity index (χ0) is 18.7. The molecule has 1 N–H and O–H groups in total. The van der Waals surface area contributed by atoms with E-state index in [0.717, 1.165) is 37.3 Å². The Morgan fingerprint density at radius 2 is 2.04 bits per heavy atom. The third kappa shape index (κ3) is 4.60. The van der Waals surface area contributed by atoms with Gasteiger partial charge in [0.05, 0.1) is 11.3 Å². The van der Waals surface area contributed by atoms with E-state index in [4.69, 9.17) is 0 Å². The van der Waals surface area contributed by atoms with Crippen LogP contribution in [0.1, 0.15) is 27.9 Å². The van der Waals surface area contributed by atoms with Crippen LogP contribution in [0.3, 0.4) is 0 Å². The first-order valence-electron chi connectivity index (χ1n) is 8.50. The number of aromatic nitrogens is 1. The zero-order valence-corrected chi connectivity index (χ0v) is 15.4. The van der Waals surface area contributed by atoms with Gasteiger partial charge in [-0.1, -0.05) is 24.3 Å². The fourth-order valence-corrected chi connectivity index (χ4v) is 4.19. The molecule has 6 nitrogen and oxygen atoms in total. The van der Waals surface area contributed by atoms with Crippen molar-refractivity contribution in [2.45, 2.75) is 18.6 Å². The van der Waals surface area contributed by atoms with Crippen molar-refractivity contribution in [3.8, 4) is 0 Å². The molecule has 1 saturated heterocycles. The second-order valence-corrected chi connectivity index (χ2v) is 9.00. The molecule has 0 amide bonds. The molecule has 1 aliphatic heterocycles. The van der Waals surface area contributed by atoms with E-state index in [9.17, 15) is 18.3 Å². The Morgan fingerprint density at radius 3 is 2.69 bits per heavy atom. The number of sulfone groups is 1. The molecule has 3 rings (SSSR count). The molecule has 1 aliphatic rings. The maximum Gasteiger partial charge on any atom is 0.335 e. The van der Waals surface area contributed by atoms with Crippen LogP contribution in [-0.2, 0) is 22.0 Å². The Morgan fingerprint density at radius 1 is 1.27 bits per heavy atom. The molecule has 26 heavy (non-hydrogen) atoms. The maximum absolute atomic E-state index is 11.4. The van der Waals surface area contributed by atoms with Crippen molar-refractivity contribution in [2.75, 3.05) is 24.2 Å². The van der Waals surface area contributed by atoms with Gasteiger partial charge in [0.1, 0.15) is 5.82 Å². The number of pyridine rings is 1. The minimum Gasteiger partial charge on any atom is -0.478 e. The average Bonchev–Trinajstić information content (AvgIpc) is 3.03. The van der Waals surface area contributed by atoms with Crippen LogP contribution in [0.25, 0.3) is 0 Å². The summed E-state index contributed by atoms with van der Waals surface area (Å²) in [6.45, 7) is 1.67. The van der Waals surface area contributed by atoms with Crippen molar-refractivity contribution in [3.63, 3.8) is 0 Å². The molecule has 1 unspecified atom stereocenters. The predicted octanol–water partition coefficient (Wildman–Crippen LogP) is 2.39. The van der Waals surface area contributed by atoms with E-state index < -0.39 is 15.8 Å². The van der Waals surface area contributed by atoms with Gasteiger partial charge < -0.3 is 10.0 Å². The van der Waals surface area contributed by atoms with Gasteiger partial charge in [-0.2, -0.15) is 0 Å². The van der Waals surface area contributed by atoms with E-state index in [1.165, 1.54) is 6.26 Å². The lowest BCUT2D eigenvalue weighted by molar-refractivity contribution is 0.0695. The summed E-state index contributed by atoms with van der Waals surface area (Å²) >= 11 is 0. The number of anilines is 1. The molecular weight excluding hydrogens is 352 g/mol. The quantitative estimate of drug-likeness (QED) is 0.835. The lowest BCUT2D eigenvalue weighted by Gasteiger charge is -2.18. The lowest BCUT2D eigenvalue weighted by Crippen LogP contribution is -2.21. The lowest BCUT2D eigenvalue weighted by atomic mass is 9.95. The molecule has 0 spiro atoms. The molecule has 0 saturated carbocycles. The minimum absolute atomic E-state index is 0.00508. The normalized spacial score (nSPS) is 17.4. The maximum atomic E-state index is 11.4. The third-order valence-corrected chi connectivity index (χ3v) is 5.46. The number of hydrogen-bond donors (Lipinski definition) is 1. The van der Waals surface area contributed by atoms with Gasteiger partial charge in [0.25, 0.3) is 0 Å². The van der Waals surface area contributed by atoms with Crippen molar-refractivity contribution in [3.05, 3.63) is 59.3 Å². The second kappa shape index (κ2) is 7.45. The van der Waals surface area contributed by atoms with Gasteiger partial charge in [-0.25, -0.2) is 18.2 Å². The Hall–Kier alpha value is -2.41. The van der Waals surface area contributed by atoms with Gasteiger partial charge in [-0.05, 0) is 42.0 Å². The Balaban J connectivity index is 1.65. The standard InChI is InChI=1S/C19H22N2O4S/c1-26(24,25)13-15-6-7-18(20-11-15)21-9-8-14(12-21)10-16-4-2-3-5-17(16)19(22)23/h2-7,11,14H,8-10,12-13H2,1H3,(H,22,23). The molecule has 1 aromatic heterocycles. The largest absolute Gasteiger partial charge is 0.478 e. The van der Waals surface area contributed by atoms with Crippen LogP contribution in [0.2, 0.25) is 0 Å². The highest BCUT2D eigenvalue weighted by molar-refractivity contribution is 7.89. The molecule has 1 atom stereocenters. The predicted molar refractivity (Wildman–Crippen MR) is 100 cm³/mol. The second-order valence-electron chi connectivity index (χ2n) is 6.86. The molecule has 138 valence electrons. The fraction of sp³-hybridized carbons (Fsp3) is 0.368. The molecule has 0 bridgehead atoms. The Kier molecular flexibility index (Phi) is 5.27. The monoisotopic (exact) mass is 374 g/mol. The van der Waals surface area contributed by atoms with Crippen LogP contribution in [0.4, 0.5) is 5.82 Å². The number of carboxylic acid groups (broad SMARTS) is 1. The molecule has 1 aromatic carbocycles. The van der Waals surface area contributed by atoms with E-state index in [-0.39, 0.29) is 5.75 Å². The summed E-state index contributed by atoms with van der Waals surface area (Å²) in [6, 6.07) is 10.8. The SMILES string of the molecule is CS(=O)(=O)Cc1ccc(N2CCC(Cc3ccccc3C(=O)O)C2)nc1. The zero-order valence-electron chi connectivity index (χ0n) is 14.6. The highest BCUT2D eigenvalue weighted by Crippen LogP contribution is 2.26. The van der Waals surface area contributed by atoms with Gasteiger partial charge in [0.2, 0.25) is 0 Å². The van der Waals surface area contributed by atoms with Gasteiger partial charge in [-0.3, -0.25) is 0 Å². The minimum atomic E-state index is -3.07. The number of aromatic carboxylic acids is 1. The van der Waals surface area contributed by atoms with Crippen LogP contribution in [0.5, 0.6) is 0 Å². The summed E-state index contributed by atoms with van der Waals surface area (Å²) in [4.78, 5) is 17.9. The topological polar surface area (TPSA) is 87.6 Å². The summed E-state index contributed by atoms with van der Waals surface area (Å²) in [5.74, 6) is 0.303. The van der Waals surface area contributed by atoms with Crippen molar-refractivity contribution < 1.29 is 18.3 Å². The summed E-state index contributed by atoms with van der Waals surface area (Å²) in [5, 5.41) is 9.31. The Labute approximate surface area is 153 Å². The van der Waals surface area contributed by atoms with Crippen LogP contribution >= 0.6 is 0 Å². The molecule has 0 aliphatic carbocycles. The molecular formula is C19H22N2O4S. The summed E-state index contributed by atoms with van der Waals surface area (Å²) in [6.07, 6.45) is 4.52. The number of carboxylic acids is 1. The molecule has 0 radical (unpaired) electrons. The number of carbonyl (C=O) groups is 1. The van der Waals surface area contributed by atoms with Crippen LogP contribution in [-0.4, -0.2) is 43.8 Å². The van der Waals surface area contributed by atoms with Crippen molar-refractivity contribution in [1.82, 2.24) is 4.98 Å². The van der Waals surface area contributed by atoms with Crippen molar-refractivity contribution >= 4 is 21.6 Å². The van der Waals surface area contributed by atoms with E-state index in [2.05, 4.69) is 9.88 Å². The van der Waals surface area contributed by atoms with Crippen molar-refractivity contribution in [2.24, 2.45) is 5.92 Å². The molecule has 2 heterocycles. The van der Waals surface area contributed by atoms with Gasteiger partial charge in [0.15, 0.2) is 9.84 Å². The van der Waals surface area contributed by atoms with Crippen LogP contribution in [0, 0.1) is 5.92 Å². The number of hydrogen-bond acceptors (Lipinski definition) is 5. The fourth-order valence-electron chi connectivity index (χ4n) is 3.42. The van der Waals surface area contributed by atoms with Gasteiger partial charge in [0, 0.05) is 25.5 Å². The first-order valence-corrected chi connectivity index (χ1v) is 10.6. The van der Waals surface area contributed by atoms with Gasteiger partial charge >= 0.3 is 5.97 Å². The third-order valence-electron chi connectivity index (χ3n) is 4.60. The van der Waals surface area contributed by atoms with E-state index in [1.54, 1.807) is 24.4 Å². The van der Waals surface area contributed by atoms with Crippen molar-refractivity contribution in [1.29, 1.82) is 0 Å². The summed E-state index contributed by atoms with van der Waals surface area (Å²) < 4.78 is 22.7. The number of benzene rings is 1. The number of nitrogens with zero attached hydrogens (tertiary/aromatic N) is 2. The van der Waals surface area contributed by atoms with Gasteiger partial charge in [-0.15, -0.1) is 0 Å². The smallest absolute Gasteiger partial charge is 0.335 e. The highest BCUT2D eigenvalue weighted by Gasteiger charge is 2.25. The Bertz CT molecular complexity index is 894. The average molecular weight is 374 g/mol. The summed E-state index contributed by atoms with van der Waals surface area (Å²) in [5.41, 5.74) is 1.92. The van der Waals surface area contributed by atoms with E-state index in [1.807, 2.05) is 18.2 Å². The summed E-state index contributed by atoms with van der Waals surface area (Å²) in [7, 11) is -3.07. The van der Waals surface area contributed by atoms with Crippen LogP contribution < -0.4 is 4.90 Å². The molecule has 1 fully saturated rings. The number of rotatable bonds is 6. The van der Waals surface area contributed by atoms with E-state index >= 15 is 0 Å². The van der Waals surface area contributed by atoms with Crippen LogP contribution in [0.15, 0.2) is 42.6 Å². The molecule has 7 heteroatoms.